The van der Waals surface area contributed by atoms with Crippen molar-refractivity contribution in [2.75, 3.05) is 0 Å². The molecule has 7 nitrogen and oxygen atoms in total. The molecular weight excluding hydrogens is 221 g/mol. The van der Waals surface area contributed by atoms with E-state index in [1.165, 1.54) is 0 Å². The molecule has 0 aliphatic heterocycles. The number of rotatable bonds is 1. The average Bonchev–Trinajstić information content (AvgIpc) is 2.18. The third-order valence-electron chi connectivity index (χ3n) is 2.00. The summed E-state index contributed by atoms with van der Waals surface area (Å²) in [7, 11) is 0. The molecule has 0 atom stereocenters. The second kappa shape index (κ2) is 3.26. The van der Waals surface area contributed by atoms with E-state index >= 15 is 0 Å². The summed E-state index contributed by atoms with van der Waals surface area (Å²) >= 11 is 0. The van der Waals surface area contributed by atoms with Gasteiger partial charge in [-0.3, -0.25) is 19.9 Å². The molecule has 1 aromatic heterocycles. The molecule has 0 unspecified atom stereocenters. The number of H-pyrrole nitrogens is 2. The smallest absolute Gasteiger partial charge is 0.307 e. The van der Waals surface area contributed by atoms with E-state index in [4.69, 9.17) is 0 Å². The highest BCUT2D eigenvalue weighted by atomic mass is 19.1. The van der Waals surface area contributed by atoms with E-state index in [9.17, 15) is 24.1 Å². The summed E-state index contributed by atoms with van der Waals surface area (Å²) in [5, 5.41) is 10.3. The quantitative estimate of drug-likeness (QED) is 0.535. The van der Waals surface area contributed by atoms with Gasteiger partial charge >= 0.3 is 11.4 Å². The van der Waals surface area contributed by atoms with Gasteiger partial charge in [-0.1, -0.05) is 0 Å². The van der Waals surface area contributed by atoms with Crippen LogP contribution in [-0.2, 0) is 0 Å². The minimum Gasteiger partial charge on any atom is -0.307 e. The van der Waals surface area contributed by atoms with Gasteiger partial charge in [0, 0.05) is 6.07 Å². The van der Waals surface area contributed by atoms with Crippen molar-refractivity contribution in [2.45, 2.75) is 0 Å². The Hall–Kier alpha value is -2.51. The van der Waals surface area contributed by atoms with Gasteiger partial charge < -0.3 is 4.98 Å². The van der Waals surface area contributed by atoms with Crippen molar-refractivity contribution in [3.63, 3.8) is 0 Å². The number of nitrogens with one attached hydrogen (secondary N) is 2. The Kier molecular flexibility index (Phi) is 2.04. The van der Waals surface area contributed by atoms with Crippen LogP contribution in [0.15, 0.2) is 21.7 Å². The molecule has 2 N–H and O–H groups in total. The zero-order valence-corrected chi connectivity index (χ0v) is 7.61. The van der Waals surface area contributed by atoms with Crippen molar-refractivity contribution in [3.05, 3.63) is 48.9 Å². The molecule has 1 heterocycles. The van der Waals surface area contributed by atoms with Gasteiger partial charge in [-0.05, 0) is 6.07 Å². The largest absolute Gasteiger partial charge is 0.326 e. The molecule has 0 spiro atoms. The van der Waals surface area contributed by atoms with Crippen molar-refractivity contribution >= 4 is 16.6 Å². The van der Waals surface area contributed by atoms with Crippen LogP contribution in [0.5, 0.6) is 0 Å². The summed E-state index contributed by atoms with van der Waals surface area (Å²) in [5.41, 5.74) is -2.48. The summed E-state index contributed by atoms with van der Waals surface area (Å²) in [4.78, 5) is 35.7. The number of hydrogen-bond donors (Lipinski definition) is 2. The fourth-order valence-electron chi connectivity index (χ4n) is 1.32. The monoisotopic (exact) mass is 225 g/mol. The molecule has 82 valence electrons. The first kappa shape index (κ1) is 10.0. The van der Waals surface area contributed by atoms with E-state index in [1.807, 2.05) is 4.98 Å². The molecule has 0 aliphatic carbocycles. The molecule has 16 heavy (non-hydrogen) atoms. The van der Waals surface area contributed by atoms with Gasteiger partial charge in [0.05, 0.1) is 15.8 Å². The lowest BCUT2D eigenvalue weighted by Gasteiger charge is -1.97. The highest BCUT2D eigenvalue weighted by molar-refractivity contribution is 5.79. The van der Waals surface area contributed by atoms with Crippen molar-refractivity contribution in [1.82, 2.24) is 9.97 Å². The summed E-state index contributed by atoms with van der Waals surface area (Å²) in [6.45, 7) is 0. The van der Waals surface area contributed by atoms with E-state index in [1.54, 1.807) is 0 Å². The van der Waals surface area contributed by atoms with Gasteiger partial charge in [0.2, 0.25) is 5.82 Å². The Bertz CT molecular complexity index is 702. The van der Waals surface area contributed by atoms with Crippen LogP contribution in [0.25, 0.3) is 10.9 Å². The van der Waals surface area contributed by atoms with Crippen LogP contribution in [-0.4, -0.2) is 14.9 Å². The maximum absolute atomic E-state index is 13.2. The molecule has 0 radical (unpaired) electrons. The molecule has 8 heteroatoms. The van der Waals surface area contributed by atoms with Crippen molar-refractivity contribution in [3.8, 4) is 0 Å². The maximum Gasteiger partial charge on any atom is 0.326 e. The first-order valence-electron chi connectivity index (χ1n) is 4.09. The molecule has 0 fully saturated rings. The van der Waals surface area contributed by atoms with Crippen LogP contribution < -0.4 is 11.2 Å². The summed E-state index contributed by atoms with van der Waals surface area (Å²) in [6, 6.07) is 1.52. The highest BCUT2D eigenvalue weighted by Gasteiger charge is 2.16. The summed E-state index contributed by atoms with van der Waals surface area (Å²) in [6.07, 6.45) is 0. The fraction of sp³-hybridized carbons (Fsp3) is 0. The minimum atomic E-state index is -1.13. The number of nitrogens with zero attached hydrogens (tertiary/aromatic N) is 1. The maximum atomic E-state index is 13.2. The van der Waals surface area contributed by atoms with Crippen LogP contribution in [0.4, 0.5) is 10.1 Å². The first-order chi connectivity index (χ1) is 7.49. The van der Waals surface area contributed by atoms with E-state index in [2.05, 4.69) is 4.98 Å². The van der Waals surface area contributed by atoms with Crippen LogP contribution in [0.2, 0.25) is 0 Å². The third-order valence-corrected chi connectivity index (χ3v) is 2.00. The second-order valence-electron chi connectivity index (χ2n) is 3.01. The van der Waals surface area contributed by atoms with Gasteiger partial charge in [0.25, 0.3) is 5.56 Å². The van der Waals surface area contributed by atoms with Crippen LogP contribution in [0.3, 0.4) is 0 Å². The number of aromatic nitrogens is 2. The van der Waals surface area contributed by atoms with E-state index in [0.717, 1.165) is 6.07 Å². The molecule has 0 saturated carbocycles. The van der Waals surface area contributed by atoms with Gasteiger partial charge in [0.15, 0.2) is 0 Å². The van der Waals surface area contributed by atoms with Gasteiger partial charge in [-0.15, -0.1) is 0 Å². The molecule has 0 saturated heterocycles. The predicted octanol–water partition coefficient (Wildman–Crippen LogP) is 0.264. The lowest BCUT2D eigenvalue weighted by atomic mass is 10.2. The molecule has 0 amide bonds. The summed E-state index contributed by atoms with van der Waals surface area (Å²) < 4.78 is 13.2. The molecule has 2 rings (SSSR count). The van der Waals surface area contributed by atoms with E-state index < -0.39 is 27.7 Å². The van der Waals surface area contributed by atoms with Gasteiger partial charge in [0.1, 0.15) is 0 Å². The number of hydrogen-bond acceptors (Lipinski definition) is 4. The number of aromatic amines is 2. The third kappa shape index (κ3) is 1.45. The van der Waals surface area contributed by atoms with Crippen LogP contribution >= 0.6 is 0 Å². The topological polar surface area (TPSA) is 109 Å². The fourth-order valence-corrected chi connectivity index (χ4v) is 1.32. The molecular formula is C8H4FN3O4. The lowest BCUT2D eigenvalue weighted by Crippen LogP contribution is -2.22. The van der Waals surface area contributed by atoms with Crippen LogP contribution in [0, 0.1) is 15.9 Å². The SMILES string of the molecule is O=c1[nH]c(=O)c2cc(F)c([N+](=O)[O-])cc2[nH]1. The van der Waals surface area contributed by atoms with Gasteiger partial charge in [-0.2, -0.15) is 4.39 Å². The average molecular weight is 225 g/mol. The molecule has 0 bridgehead atoms. The van der Waals surface area contributed by atoms with Crippen molar-refractivity contribution < 1.29 is 9.31 Å². The highest BCUT2D eigenvalue weighted by Crippen LogP contribution is 2.20. The Balaban J connectivity index is 2.95. The second-order valence-corrected chi connectivity index (χ2v) is 3.01. The Morgan fingerprint density at radius 3 is 2.56 bits per heavy atom. The number of nitro benzene ring substituents is 1. The Morgan fingerprint density at radius 2 is 1.94 bits per heavy atom. The number of fused-ring (bicyclic) bond motifs is 1. The van der Waals surface area contributed by atoms with E-state index in [0.29, 0.717) is 6.07 Å². The number of benzene rings is 1. The lowest BCUT2D eigenvalue weighted by molar-refractivity contribution is -0.387. The molecule has 1 aromatic carbocycles. The standard InChI is InChI=1S/C8H4FN3O4/c9-4-1-3-5(2-6(4)12(15)16)10-8(14)11-7(3)13/h1-2H,(H2,10,11,13,14). The van der Waals surface area contributed by atoms with E-state index in [-0.39, 0.29) is 10.9 Å². The van der Waals surface area contributed by atoms with Gasteiger partial charge in [-0.25, -0.2) is 4.79 Å². The zero-order valence-electron chi connectivity index (χ0n) is 7.61. The normalized spacial score (nSPS) is 10.6. The van der Waals surface area contributed by atoms with Crippen molar-refractivity contribution in [2.24, 2.45) is 0 Å². The number of nitro groups is 1. The Labute approximate surface area is 85.7 Å². The Morgan fingerprint density at radius 1 is 1.25 bits per heavy atom. The van der Waals surface area contributed by atoms with Crippen molar-refractivity contribution in [1.29, 1.82) is 0 Å². The summed E-state index contributed by atoms with van der Waals surface area (Å²) in [5.74, 6) is -1.13. The minimum absolute atomic E-state index is 0.0816. The van der Waals surface area contributed by atoms with Crippen LogP contribution in [0.1, 0.15) is 0 Å². The first-order valence-corrected chi connectivity index (χ1v) is 4.09. The predicted molar refractivity (Wildman–Crippen MR) is 51.8 cm³/mol. The number of halogens is 1. The molecule has 2 aromatic rings. The zero-order chi connectivity index (χ0) is 11.9. The molecule has 0 aliphatic rings.